The molecule has 0 aliphatic carbocycles. The number of likely N-dealkylation sites (tertiary alicyclic amines) is 1. The minimum atomic E-state index is -0.409. The summed E-state index contributed by atoms with van der Waals surface area (Å²) < 4.78 is 5.32. The number of hydrogen-bond donors (Lipinski definition) is 0. The van der Waals surface area contributed by atoms with E-state index in [1.165, 1.54) is 4.90 Å². The molecule has 0 bridgehead atoms. The second kappa shape index (κ2) is 5.82. The van der Waals surface area contributed by atoms with Crippen molar-refractivity contribution in [3.05, 3.63) is 24.5 Å². The molecule has 104 valence electrons. The largest absolute Gasteiger partial charge is 0.444 e. The molecular formula is C14H20N2O2S. The summed E-state index contributed by atoms with van der Waals surface area (Å²) in [5.74, 6) is 1.59. The van der Waals surface area contributed by atoms with E-state index in [4.69, 9.17) is 4.74 Å². The molecule has 0 saturated carbocycles. The number of thioether (sulfide) groups is 1. The average Bonchev–Trinajstić information content (AvgIpc) is 2.25. The number of carbonyl (C=O) groups excluding carboxylic acids is 1. The zero-order chi connectivity index (χ0) is 13.9. The zero-order valence-electron chi connectivity index (χ0n) is 11.6. The summed E-state index contributed by atoms with van der Waals surface area (Å²) in [5.41, 5.74) is -0.409. The molecule has 0 atom stereocenters. The zero-order valence-corrected chi connectivity index (χ0v) is 12.4. The van der Waals surface area contributed by atoms with Crippen molar-refractivity contribution in [1.82, 2.24) is 9.88 Å². The fourth-order valence-corrected chi connectivity index (χ4v) is 2.75. The van der Waals surface area contributed by atoms with Crippen LogP contribution in [0.4, 0.5) is 4.79 Å². The van der Waals surface area contributed by atoms with Crippen molar-refractivity contribution >= 4 is 17.9 Å². The summed E-state index contributed by atoms with van der Waals surface area (Å²) in [6.07, 6.45) is 3.41. The molecule has 2 heterocycles. The molecule has 0 N–H and O–H groups in total. The van der Waals surface area contributed by atoms with Crippen molar-refractivity contribution in [2.75, 3.05) is 18.8 Å². The van der Waals surface area contributed by atoms with Gasteiger partial charge in [-0.15, -0.1) is 11.8 Å². The Morgan fingerprint density at radius 2 is 2.05 bits per heavy atom. The molecule has 0 radical (unpaired) electrons. The summed E-state index contributed by atoms with van der Waals surface area (Å²) in [7, 11) is 0. The first kappa shape index (κ1) is 14.2. The van der Waals surface area contributed by atoms with Crippen molar-refractivity contribution in [1.29, 1.82) is 0 Å². The molecule has 1 fully saturated rings. The second-order valence-electron chi connectivity index (χ2n) is 5.75. The molecular weight excluding hydrogens is 260 g/mol. The van der Waals surface area contributed by atoms with Gasteiger partial charge < -0.3 is 9.64 Å². The van der Waals surface area contributed by atoms with Crippen molar-refractivity contribution in [2.24, 2.45) is 5.92 Å². The number of nitrogens with zero attached hydrogens (tertiary/aromatic N) is 2. The van der Waals surface area contributed by atoms with Gasteiger partial charge in [0.05, 0.1) is 0 Å². The van der Waals surface area contributed by atoms with E-state index in [0.29, 0.717) is 5.92 Å². The van der Waals surface area contributed by atoms with Crippen molar-refractivity contribution in [3.63, 3.8) is 0 Å². The van der Waals surface area contributed by atoms with E-state index in [1.54, 1.807) is 17.3 Å². The van der Waals surface area contributed by atoms with Crippen molar-refractivity contribution in [3.8, 4) is 0 Å². The van der Waals surface area contributed by atoms with E-state index in [0.717, 1.165) is 18.8 Å². The molecule has 2 rings (SSSR count). The topological polar surface area (TPSA) is 42.4 Å². The lowest BCUT2D eigenvalue weighted by molar-refractivity contribution is 0.00215. The van der Waals surface area contributed by atoms with Crippen LogP contribution >= 0.6 is 11.8 Å². The number of carbonyl (C=O) groups is 1. The highest BCUT2D eigenvalue weighted by atomic mass is 32.2. The van der Waals surface area contributed by atoms with Gasteiger partial charge in [-0.2, -0.15) is 0 Å². The molecule has 1 saturated heterocycles. The van der Waals surface area contributed by atoms with Crippen LogP contribution in [0.15, 0.2) is 29.4 Å². The van der Waals surface area contributed by atoms with E-state index < -0.39 is 5.60 Å². The predicted molar refractivity (Wildman–Crippen MR) is 76.3 cm³/mol. The standard InChI is InChI=1S/C14H20N2O2S/c1-14(2,3)18-13(17)16-8-11(9-16)10-19-12-4-6-15-7-5-12/h4-7,11H,8-10H2,1-3H3. The lowest BCUT2D eigenvalue weighted by Crippen LogP contribution is -2.52. The van der Waals surface area contributed by atoms with Crippen LogP contribution in [0, 0.1) is 5.92 Å². The molecule has 1 aromatic rings. The summed E-state index contributed by atoms with van der Waals surface area (Å²) in [6.45, 7) is 7.27. The predicted octanol–water partition coefficient (Wildman–Crippen LogP) is 3.04. The Balaban J connectivity index is 1.68. The van der Waals surface area contributed by atoms with Crippen molar-refractivity contribution in [2.45, 2.75) is 31.3 Å². The van der Waals surface area contributed by atoms with Crippen molar-refractivity contribution < 1.29 is 9.53 Å². The molecule has 1 aliphatic heterocycles. The maximum atomic E-state index is 11.7. The van der Waals surface area contributed by atoms with Gasteiger partial charge in [-0.1, -0.05) is 0 Å². The highest BCUT2D eigenvalue weighted by Gasteiger charge is 2.33. The van der Waals surface area contributed by atoms with Gasteiger partial charge in [0, 0.05) is 42.0 Å². The fourth-order valence-electron chi connectivity index (χ4n) is 1.80. The summed E-state index contributed by atoms with van der Waals surface area (Å²) in [5, 5.41) is 0. The van der Waals surface area contributed by atoms with E-state index in [2.05, 4.69) is 4.98 Å². The Kier molecular flexibility index (Phi) is 4.34. The first-order chi connectivity index (χ1) is 8.94. The first-order valence-electron chi connectivity index (χ1n) is 6.45. The van der Waals surface area contributed by atoms with Crippen LogP contribution in [0.25, 0.3) is 0 Å². The molecule has 5 heteroatoms. The number of aromatic nitrogens is 1. The lowest BCUT2D eigenvalue weighted by atomic mass is 10.0. The van der Waals surface area contributed by atoms with Crippen LogP contribution in [0.3, 0.4) is 0 Å². The maximum Gasteiger partial charge on any atom is 0.410 e. The number of ether oxygens (including phenoxy) is 1. The number of pyridine rings is 1. The summed E-state index contributed by atoms with van der Waals surface area (Å²) in [6, 6.07) is 4.02. The van der Waals surface area contributed by atoms with Crippen LogP contribution in [0.1, 0.15) is 20.8 Å². The SMILES string of the molecule is CC(C)(C)OC(=O)N1CC(CSc2ccncc2)C1. The molecule has 0 aromatic carbocycles. The molecule has 19 heavy (non-hydrogen) atoms. The van der Waals surface area contributed by atoms with Gasteiger partial charge in [-0.25, -0.2) is 4.79 Å². The van der Waals surface area contributed by atoms with Gasteiger partial charge >= 0.3 is 6.09 Å². The molecule has 0 unspecified atom stereocenters. The van der Waals surface area contributed by atoms with E-state index in [1.807, 2.05) is 44.7 Å². The highest BCUT2D eigenvalue weighted by Crippen LogP contribution is 2.26. The summed E-state index contributed by atoms with van der Waals surface area (Å²) in [4.78, 5) is 18.7. The quantitative estimate of drug-likeness (QED) is 0.798. The number of rotatable bonds is 3. The molecule has 1 aromatic heterocycles. The first-order valence-corrected chi connectivity index (χ1v) is 7.43. The van der Waals surface area contributed by atoms with E-state index in [-0.39, 0.29) is 6.09 Å². The Hall–Kier alpha value is -1.23. The minimum Gasteiger partial charge on any atom is -0.444 e. The summed E-state index contributed by atoms with van der Waals surface area (Å²) >= 11 is 1.81. The van der Waals surface area contributed by atoms with Crippen LogP contribution in [-0.4, -0.2) is 40.4 Å². The Morgan fingerprint density at radius 1 is 1.42 bits per heavy atom. The minimum absolute atomic E-state index is 0.197. The maximum absolute atomic E-state index is 11.7. The van der Waals surface area contributed by atoms with Gasteiger partial charge in [0.25, 0.3) is 0 Å². The highest BCUT2D eigenvalue weighted by molar-refractivity contribution is 7.99. The molecule has 0 spiro atoms. The average molecular weight is 280 g/mol. The smallest absolute Gasteiger partial charge is 0.410 e. The Bertz CT molecular complexity index is 425. The fraction of sp³-hybridized carbons (Fsp3) is 0.571. The van der Waals surface area contributed by atoms with Gasteiger partial charge in [-0.05, 0) is 32.9 Å². The Morgan fingerprint density at radius 3 is 2.63 bits per heavy atom. The van der Waals surface area contributed by atoms with Gasteiger partial charge in [0.15, 0.2) is 0 Å². The van der Waals surface area contributed by atoms with Crippen LogP contribution in [0.2, 0.25) is 0 Å². The Labute approximate surface area is 118 Å². The third-order valence-electron chi connectivity index (χ3n) is 2.74. The van der Waals surface area contributed by atoms with Gasteiger partial charge in [-0.3, -0.25) is 4.98 Å². The third kappa shape index (κ3) is 4.42. The number of amides is 1. The molecule has 4 nitrogen and oxygen atoms in total. The van der Waals surface area contributed by atoms with E-state index >= 15 is 0 Å². The molecule has 1 aliphatic rings. The van der Waals surface area contributed by atoms with Gasteiger partial charge in [0.2, 0.25) is 0 Å². The van der Waals surface area contributed by atoms with Crippen LogP contribution in [-0.2, 0) is 4.74 Å². The lowest BCUT2D eigenvalue weighted by Gasteiger charge is -2.39. The van der Waals surface area contributed by atoms with Gasteiger partial charge in [0.1, 0.15) is 5.60 Å². The van der Waals surface area contributed by atoms with Crippen LogP contribution < -0.4 is 0 Å². The second-order valence-corrected chi connectivity index (χ2v) is 6.84. The number of hydrogen-bond acceptors (Lipinski definition) is 4. The van der Waals surface area contributed by atoms with E-state index in [9.17, 15) is 4.79 Å². The van der Waals surface area contributed by atoms with Crippen LogP contribution in [0.5, 0.6) is 0 Å². The normalized spacial score (nSPS) is 16.1. The monoisotopic (exact) mass is 280 g/mol. The third-order valence-corrected chi connectivity index (χ3v) is 3.99. The molecule has 1 amide bonds.